The van der Waals surface area contributed by atoms with Crippen LogP contribution in [0.3, 0.4) is 0 Å². The molecule has 1 aliphatic rings. The first-order chi connectivity index (χ1) is 13.4. The summed E-state index contributed by atoms with van der Waals surface area (Å²) in [4.78, 5) is 14.3. The van der Waals surface area contributed by atoms with E-state index < -0.39 is 6.61 Å². The lowest BCUT2D eigenvalue weighted by atomic mass is 10.1. The Morgan fingerprint density at radius 1 is 1.14 bits per heavy atom. The SMILES string of the molecule is C[C@H](C(=O)NCc1ccc2c(c1)OCO2)N(C)Cc1ccc(OC(F)F)cc1. The highest BCUT2D eigenvalue weighted by molar-refractivity contribution is 5.81. The van der Waals surface area contributed by atoms with Gasteiger partial charge in [0.15, 0.2) is 11.5 Å². The lowest BCUT2D eigenvalue weighted by Crippen LogP contribution is -2.42. The first-order valence-corrected chi connectivity index (χ1v) is 8.82. The Labute approximate surface area is 162 Å². The van der Waals surface area contributed by atoms with Crippen LogP contribution in [-0.2, 0) is 17.9 Å². The lowest BCUT2D eigenvalue weighted by Gasteiger charge is -2.24. The zero-order chi connectivity index (χ0) is 20.1. The Balaban J connectivity index is 1.49. The van der Waals surface area contributed by atoms with E-state index in [1.165, 1.54) is 12.1 Å². The van der Waals surface area contributed by atoms with Crippen LogP contribution in [0.25, 0.3) is 0 Å². The summed E-state index contributed by atoms with van der Waals surface area (Å²) in [6, 6.07) is 11.5. The Kier molecular flexibility index (Phi) is 6.30. The number of fused-ring (bicyclic) bond motifs is 1. The summed E-state index contributed by atoms with van der Waals surface area (Å²) < 4.78 is 39.3. The third-order valence-corrected chi connectivity index (χ3v) is 4.52. The highest BCUT2D eigenvalue weighted by Gasteiger charge is 2.19. The minimum absolute atomic E-state index is 0.107. The fourth-order valence-corrected chi connectivity index (χ4v) is 2.79. The van der Waals surface area contributed by atoms with E-state index in [0.717, 1.165) is 11.1 Å². The number of amides is 1. The normalized spacial score (nSPS) is 13.6. The fourth-order valence-electron chi connectivity index (χ4n) is 2.79. The summed E-state index contributed by atoms with van der Waals surface area (Å²) in [6.45, 7) is 0.0498. The summed E-state index contributed by atoms with van der Waals surface area (Å²) in [7, 11) is 1.83. The van der Waals surface area contributed by atoms with Gasteiger partial charge >= 0.3 is 6.61 Å². The number of ether oxygens (including phenoxy) is 3. The lowest BCUT2D eigenvalue weighted by molar-refractivity contribution is -0.125. The zero-order valence-corrected chi connectivity index (χ0v) is 15.7. The molecule has 2 aromatic rings. The Morgan fingerprint density at radius 3 is 2.54 bits per heavy atom. The van der Waals surface area contributed by atoms with E-state index in [-0.39, 0.29) is 24.5 Å². The highest BCUT2D eigenvalue weighted by atomic mass is 19.3. The molecule has 2 aromatic carbocycles. The van der Waals surface area contributed by atoms with Crippen molar-refractivity contribution >= 4 is 5.91 Å². The molecule has 1 heterocycles. The molecule has 0 fully saturated rings. The topological polar surface area (TPSA) is 60.0 Å². The molecule has 0 spiro atoms. The van der Waals surface area contributed by atoms with Gasteiger partial charge < -0.3 is 19.5 Å². The van der Waals surface area contributed by atoms with Crippen molar-refractivity contribution in [1.82, 2.24) is 10.2 Å². The number of hydrogen-bond donors (Lipinski definition) is 1. The molecular weight excluding hydrogens is 370 g/mol. The van der Waals surface area contributed by atoms with Crippen LogP contribution < -0.4 is 19.5 Å². The number of nitrogens with zero attached hydrogens (tertiary/aromatic N) is 1. The van der Waals surface area contributed by atoms with Crippen molar-refractivity contribution in [2.45, 2.75) is 32.7 Å². The molecule has 1 N–H and O–H groups in total. The molecule has 28 heavy (non-hydrogen) atoms. The van der Waals surface area contributed by atoms with Gasteiger partial charge in [0.2, 0.25) is 12.7 Å². The molecule has 0 saturated carbocycles. The van der Waals surface area contributed by atoms with Crippen LogP contribution in [0.5, 0.6) is 17.2 Å². The second-order valence-corrected chi connectivity index (χ2v) is 6.52. The molecule has 6 nitrogen and oxygen atoms in total. The third kappa shape index (κ3) is 5.10. The van der Waals surface area contributed by atoms with Crippen molar-refractivity contribution in [2.24, 2.45) is 0 Å². The van der Waals surface area contributed by atoms with E-state index in [9.17, 15) is 13.6 Å². The molecule has 0 aliphatic carbocycles. The minimum Gasteiger partial charge on any atom is -0.454 e. The number of hydrogen-bond acceptors (Lipinski definition) is 5. The van der Waals surface area contributed by atoms with Crippen LogP contribution in [0.2, 0.25) is 0 Å². The van der Waals surface area contributed by atoms with Gasteiger partial charge in [-0.25, -0.2) is 0 Å². The van der Waals surface area contributed by atoms with Gasteiger partial charge in [-0.1, -0.05) is 18.2 Å². The molecule has 0 bridgehead atoms. The quantitative estimate of drug-likeness (QED) is 0.748. The standard InChI is InChI=1S/C20H22F2N2O4/c1-13(24(2)11-14-3-6-16(7-4-14)28-20(21)22)19(25)23-10-15-5-8-17-18(9-15)27-12-26-17/h3-9,13,20H,10-12H2,1-2H3,(H,23,25)/t13-/m1/s1. The molecule has 1 amide bonds. The molecule has 1 atom stereocenters. The van der Waals surface area contributed by atoms with Gasteiger partial charge in [0, 0.05) is 13.1 Å². The molecular formula is C20H22F2N2O4. The van der Waals surface area contributed by atoms with E-state index in [4.69, 9.17) is 9.47 Å². The van der Waals surface area contributed by atoms with E-state index in [1.54, 1.807) is 12.1 Å². The Bertz CT molecular complexity index is 814. The summed E-state index contributed by atoms with van der Waals surface area (Å²) in [5, 5.41) is 2.91. The first-order valence-electron chi connectivity index (χ1n) is 8.82. The van der Waals surface area contributed by atoms with Gasteiger partial charge in [-0.2, -0.15) is 8.78 Å². The molecule has 3 rings (SSSR count). The maximum Gasteiger partial charge on any atom is 0.387 e. The molecule has 1 aliphatic heterocycles. The molecule has 0 unspecified atom stereocenters. The molecule has 0 radical (unpaired) electrons. The van der Waals surface area contributed by atoms with Gasteiger partial charge in [0.05, 0.1) is 6.04 Å². The molecule has 150 valence electrons. The summed E-state index contributed by atoms with van der Waals surface area (Å²) >= 11 is 0. The molecule has 0 aromatic heterocycles. The van der Waals surface area contributed by atoms with E-state index >= 15 is 0 Å². The van der Waals surface area contributed by atoms with Gasteiger partial charge in [0.25, 0.3) is 0 Å². The maximum atomic E-state index is 12.4. The monoisotopic (exact) mass is 392 g/mol. The first kappa shape index (κ1) is 19.9. The Morgan fingerprint density at radius 2 is 1.82 bits per heavy atom. The minimum atomic E-state index is -2.85. The summed E-state index contributed by atoms with van der Waals surface area (Å²) in [6.07, 6.45) is 0. The van der Waals surface area contributed by atoms with Crippen LogP contribution in [0, 0.1) is 0 Å². The number of carbonyl (C=O) groups is 1. The highest BCUT2D eigenvalue weighted by Crippen LogP contribution is 2.32. The van der Waals surface area contributed by atoms with Crippen molar-refractivity contribution in [3.05, 3.63) is 53.6 Å². The van der Waals surface area contributed by atoms with Gasteiger partial charge in [0.1, 0.15) is 5.75 Å². The van der Waals surface area contributed by atoms with Crippen LogP contribution in [0.4, 0.5) is 8.78 Å². The van der Waals surface area contributed by atoms with E-state index in [2.05, 4.69) is 10.1 Å². The van der Waals surface area contributed by atoms with Crippen LogP contribution in [0.15, 0.2) is 42.5 Å². The smallest absolute Gasteiger partial charge is 0.387 e. The van der Waals surface area contributed by atoms with Crippen molar-refractivity contribution in [3.63, 3.8) is 0 Å². The van der Waals surface area contributed by atoms with Crippen LogP contribution in [-0.4, -0.2) is 37.3 Å². The number of nitrogens with one attached hydrogen (secondary N) is 1. The van der Waals surface area contributed by atoms with Crippen molar-refractivity contribution in [2.75, 3.05) is 13.8 Å². The summed E-state index contributed by atoms with van der Waals surface area (Å²) in [5.74, 6) is 1.37. The predicted molar refractivity (Wildman–Crippen MR) is 98.4 cm³/mol. The predicted octanol–water partition coefficient (Wildman–Crippen LogP) is 3.15. The van der Waals surface area contributed by atoms with E-state index in [0.29, 0.717) is 24.6 Å². The van der Waals surface area contributed by atoms with E-state index in [1.807, 2.05) is 37.1 Å². The average Bonchev–Trinajstić information content (AvgIpc) is 3.14. The number of likely N-dealkylation sites (N-methyl/N-ethyl adjacent to an activating group) is 1. The van der Waals surface area contributed by atoms with Gasteiger partial charge in [-0.15, -0.1) is 0 Å². The molecule has 0 saturated heterocycles. The second kappa shape index (κ2) is 8.88. The number of benzene rings is 2. The van der Waals surface area contributed by atoms with Gasteiger partial charge in [-0.3, -0.25) is 9.69 Å². The molecule has 8 heteroatoms. The second-order valence-electron chi connectivity index (χ2n) is 6.52. The van der Waals surface area contributed by atoms with Gasteiger partial charge in [-0.05, 0) is 49.4 Å². The number of carbonyl (C=O) groups excluding carboxylic acids is 1. The summed E-state index contributed by atoms with van der Waals surface area (Å²) in [5.41, 5.74) is 1.81. The Hall–Kier alpha value is -2.87. The number of halogens is 2. The number of alkyl halides is 2. The van der Waals surface area contributed by atoms with Crippen LogP contribution >= 0.6 is 0 Å². The third-order valence-electron chi connectivity index (χ3n) is 4.52. The van der Waals surface area contributed by atoms with Crippen molar-refractivity contribution in [1.29, 1.82) is 0 Å². The largest absolute Gasteiger partial charge is 0.454 e. The van der Waals surface area contributed by atoms with Crippen molar-refractivity contribution < 1.29 is 27.8 Å². The van der Waals surface area contributed by atoms with Crippen LogP contribution in [0.1, 0.15) is 18.1 Å². The van der Waals surface area contributed by atoms with Crippen molar-refractivity contribution in [3.8, 4) is 17.2 Å². The number of rotatable bonds is 8. The average molecular weight is 392 g/mol. The maximum absolute atomic E-state index is 12.4. The zero-order valence-electron chi connectivity index (χ0n) is 15.7. The fraction of sp³-hybridized carbons (Fsp3) is 0.350.